The average molecular weight is 692 g/mol. The van der Waals surface area contributed by atoms with Crippen LogP contribution in [0.2, 0.25) is 0 Å². The van der Waals surface area contributed by atoms with E-state index in [0.29, 0.717) is 72.8 Å². The second-order valence-corrected chi connectivity index (χ2v) is 14.6. The molecular weight excluding hydrogens is 640 g/mol. The molecule has 270 valence electrons. The number of carbonyl (C=O) groups is 2. The number of hydrogen-bond donors (Lipinski definition) is 3. The summed E-state index contributed by atoms with van der Waals surface area (Å²) in [7, 11) is 1.60. The fourth-order valence-corrected chi connectivity index (χ4v) is 7.18. The number of methoxy groups -OCH3 is 1. The van der Waals surface area contributed by atoms with Gasteiger partial charge in [0.05, 0.1) is 24.4 Å². The minimum absolute atomic E-state index is 0.00520. The SMILES string of the molecule is CCCNc1c(C)cc(N2[C@@H](c3ccc(NC(=O)[C@@H]4C[C@H](COC)CN4C(=O)OC(C)(C)C)cc3)CC[C@@H]2c2cc(N)c(C)cc2F)cc1F. The van der Waals surface area contributed by atoms with E-state index in [9.17, 15) is 9.59 Å². The predicted molar refractivity (Wildman–Crippen MR) is 194 cm³/mol. The Bertz CT molecular complexity index is 1670. The highest BCUT2D eigenvalue weighted by Gasteiger charge is 2.42. The summed E-state index contributed by atoms with van der Waals surface area (Å²) in [5.41, 5.74) is 10.6. The zero-order chi connectivity index (χ0) is 36.3. The van der Waals surface area contributed by atoms with Crippen LogP contribution >= 0.6 is 0 Å². The second kappa shape index (κ2) is 15.2. The lowest BCUT2D eigenvalue weighted by molar-refractivity contribution is -0.120. The Morgan fingerprint density at radius 3 is 2.32 bits per heavy atom. The van der Waals surface area contributed by atoms with Crippen molar-refractivity contribution in [3.05, 3.63) is 82.4 Å². The third kappa shape index (κ3) is 8.15. The predicted octanol–water partition coefficient (Wildman–Crippen LogP) is 8.28. The molecule has 9 nitrogen and oxygen atoms in total. The van der Waals surface area contributed by atoms with Gasteiger partial charge >= 0.3 is 6.09 Å². The summed E-state index contributed by atoms with van der Waals surface area (Å²) in [6.07, 6.45) is 2.10. The van der Waals surface area contributed by atoms with E-state index >= 15 is 8.78 Å². The fourth-order valence-electron chi connectivity index (χ4n) is 7.18. The van der Waals surface area contributed by atoms with E-state index in [1.54, 1.807) is 40.9 Å². The first-order valence-electron chi connectivity index (χ1n) is 17.5. The molecule has 2 amide bonds. The summed E-state index contributed by atoms with van der Waals surface area (Å²) in [5.74, 6) is -1.01. The monoisotopic (exact) mass is 691 g/mol. The van der Waals surface area contributed by atoms with Crippen LogP contribution in [0.4, 0.5) is 36.3 Å². The Labute approximate surface area is 294 Å². The zero-order valence-electron chi connectivity index (χ0n) is 30.2. The maximum absolute atomic E-state index is 15.6. The summed E-state index contributed by atoms with van der Waals surface area (Å²) < 4.78 is 42.1. The molecule has 4 N–H and O–H groups in total. The highest BCUT2D eigenvalue weighted by molar-refractivity contribution is 5.97. The molecule has 0 bridgehead atoms. The van der Waals surface area contributed by atoms with Crippen molar-refractivity contribution in [1.29, 1.82) is 0 Å². The van der Waals surface area contributed by atoms with E-state index in [4.69, 9.17) is 15.2 Å². The zero-order valence-corrected chi connectivity index (χ0v) is 30.2. The summed E-state index contributed by atoms with van der Waals surface area (Å²) in [6.45, 7) is 12.5. The van der Waals surface area contributed by atoms with Gasteiger partial charge in [-0.15, -0.1) is 0 Å². The number of rotatable bonds is 10. The molecule has 3 aromatic carbocycles. The van der Waals surface area contributed by atoms with Crippen molar-refractivity contribution < 1.29 is 27.8 Å². The molecule has 0 saturated carbocycles. The van der Waals surface area contributed by atoms with Crippen LogP contribution in [-0.2, 0) is 14.3 Å². The number of halogens is 2. The first-order chi connectivity index (χ1) is 23.7. The summed E-state index contributed by atoms with van der Waals surface area (Å²) >= 11 is 0. The van der Waals surface area contributed by atoms with Crippen LogP contribution in [0.5, 0.6) is 0 Å². The van der Waals surface area contributed by atoms with Crippen molar-refractivity contribution in [1.82, 2.24) is 4.90 Å². The third-order valence-corrected chi connectivity index (χ3v) is 9.54. The van der Waals surface area contributed by atoms with Crippen molar-refractivity contribution in [2.75, 3.05) is 48.1 Å². The average Bonchev–Trinajstić information content (AvgIpc) is 3.68. The number of carbonyl (C=O) groups excluding carboxylic acids is 2. The quantitative estimate of drug-likeness (QED) is 0.184. The van der Waals surface area contributed by atoms with Gasteiger partial charge in [-0.25, -0.2) is 13.6 Å². The van der Waals surface area contributed by atoms with Gasteiger partial charge in [0.2, 0.25) is 5.91 Å². The molecule has 0 aromatic heterocycles. The van der Waals surface area contributed by atoms with Crippen LogP contribution < -0.4 is 21.3 Å². The van der Waals surface area contributed by atoms with Crippen LogP contribution in [0.25, 0.3) is 0 Å². The van der Waals surface area contributed by atoms with E-state index < -0.39 is 17.7 Å². The standard InChI is InChI=1S/C39H51F2N5O4/c1-8-15-43-36-24(3)16-28(19-31(36)41)46-33(13-14-34(46)29-20-32(42)23(2)17-30(29)40)26-9-11-27(12-10-26)44-37(47)35-18-25(22-49-7)21-45(35)38(48)50-39(4,5)6/h9-12,16-17,19-20,25,33-35,43H,8,13-15,18,21-22,42H2,1-7H3,(H,44,47)/t25-,33+,34+,35-/m0/s1. The minimum atomic E-state index is -0.708. The second-order valence-electron chi connectivity index (χ2n) is 14.6. The molecule has 11 heteroatoms. The first-order valence-corrected chi connectivity index (χ1v) is 17.5. The highest BCUT2D eigenvalue weighted by atomic mass is 19.1. The highest BCUT2D eigenvalue weighted by Crippen LogP contribution is 2.49. The Kier molecular flexibility index (Phi) is 11.2. The minimum Gasteiger partial charge on any atom is -0.444 e. The molecule has 2 aliphatic heterocycles. The Balaban J connectivity index is 1.42. The van der Waals surface area contributed by atoms with Gasteiger partial charge in [0.15, 0.2) is 0 Å². The number of benzene rings is 3. The molecule has 5 rings (SSSR count). The van der Waals surface area contributed by atoms with Gasteiger partial charge in [0, 0.05) is 48.7 Å². The Hall–Kier alpha value is -4.38. The molecule has 2 aliphatic rings. The van der Waals surface area contributed by atoms with Crippen LogP contribution in [0.1, 0.15) is 87.7 Å². The number of hydrogen-bond acceptors (Lipinski definition) is 7. The van der Waals surface area contributed by atoms with Gasteiger partial charge in [-0.05, 0) is 113 Å². The van der Waals surface area contributed by atoms with Crippen molar-refractivity contribution in [2.24, 2.45) is 5.92 Å². The number of ether oxygens (including phenoxy) is 2. The van der Waals surface area contributed by atoms with E-state index in [-0.39, 0.29) is 35.5 Å². The summed E-state index contributed by atoms with van der Waals surface area (Å²) in [6, 6.07) is 12.9. The van der Waals surface area contributed by atoms with E-state index in [0.717, 1.165) is 17.5 Å². The van der Waals surface area contributed by atoms with Crippen molar-refractivity contribution in [2.45, 2.75) is 91.0 Å². The van der Waals surface area contributed by atoms with Crippen LogP contribution in [0, 0.1) is 31.4 Å². The lowest BCUT2D eigenvalue weighted by Gasteiger charge is -2.34. The number of aryl methyl sites for hydroxylation is 2. The first kappa shape index (κ1) is 36.9. The number of nitrogens with zero attached hydrogens (tertiary/aromatic N) is 2. The normalized spacial score (nSPS) is 20.7. The molecule has 4 atom stereocenters. The van der Waals surface area contributed by atoms with E-state index in [1.807, 2.05) is 44.2 Å². The fraction of sp³-hybridized carbons (Fsp3) is 0.487. The number of likely N-dealkylation sites (tertiary alicyclic amines) is 1. The lowest BCUT2D eigenvalue weighted by atomic mass is 10.00. The van der Waals surface area contributed by atoms with Gasteiger partial charge < -0.3 is 30.7 Å². The van der Waals surface area contributed by atoms with Gasteiger partial charge in [-0.1, -0.05) is 19.1 Å². The van der Waals surface area contributed by atoms with Crippen LogP contribution in [0.3, 0.4) is 0 Å². The Morgan fingerprint density at radius 2 is 1.68 bits per heavy atom. The molecule has 50 heavy (non-hydrogen) atoms. The summed E-state index contributed by atoms with van der Waals surface area (Å²) in [4.78, 5) is 30.2. The molecule has 2 fully saturated rings. The van der Waals surface area contributed by atoms with Crippen LogP contribution in [0.15, 0.2) is 48.5 Å². The number of anilines is 4. The van der Waals surface area contributed by atoms with Crippen molar-refractivity contribution in [3.63, 3.8) is 0 Å². The van der Waals surface area contributed by atoms with Crippen molar-refractivity contribution >= 4 is 34.7 Å². The molecule has 0 radical (unpaired) electrons. The van der Waals surface area contributed by atoms with Gasteiger partial charge in [-0.2, -0.15) is 0 Å². The third-order valence-electron chi connectivity index (χ3n) is 9.54. The molecule has 0 spiro atoms. The van der Waals surface area contributed by atoms with Crippen LogP contribution in [-0.4, -0.2) is 55.3 Å². The molecular formula is C39H51F2N5O4. The maximum Gasteiger partial charge on any atom is 0.410 e. The number of amides is 2. The molecule has 0 unspecified atom stereocenters. The molecule has 3 aromatic rings. The van der Waals surface area contributed by atoms with E-state index in [1.165, 1.54) is 17.0 Å². The molecule has 2 saturated heterocycles. The lowest BCUT2D eigenvalue weighted by Crippen LogP contribution is -2.45. The van der Waals surface area contributed by atoms with E-state index in [2.05, 4.69) is 15.5 Å². The van der Waals surface area contributed by atoms with Gasteiger partial charge in [0.1, 0.15) is 23.3 Å². The smallest absolute Gasteiger partial charge is 0.410 e. The van der Waals surface area contributed by atoms with Gasteiger partial charge in [0.25, 0.3) is 0 Å². The number of nitrogens with one attached hydrogen (secondary N) is 2. The molecule has 0 aliphatic carbocycles. The maximum atomic E-state index is 15.6. The molecule has 2 heterocycles. The van der Waals surface area contributed by atoms with Crippen molar-refractivity contribution in [3.8, 4) is 0 Å². The topological polar surface area (TPSA) is 109 Å². The number of nitrogen functional groups attached to an aromatic ring is 1. The summed E-state index contributed by atoms with van der Waals surface area (Å²) in [5, 5.41) is 6.17. The van der Waals surface area contributed by atoms with Gasteiger partial charge in [-0.3, -0.25) is 9.69 Å². The number of nitrogens with two attached hydrogens (primary N) is 1. The Morgan fingerprint density at radius 1 is 0.980 bits per heavy atom. The largest absolute Gasteiger partial charge is 0.444 e.